The van der Waals surface area contributed by atoms with Gasteiger partial charge < -0.3 is 19.5 Å². The number of thiophene rings is 1. The number of anilines is 1. The SMILES string of the molecule is COC(=O)c1sc(C(C)(C)C)cc1NC(=O)C(N=O)c1ccc(OCCN2CCOCC2)c2ccccc12. The Morgan fingerprint density at radius 1 is 1.13 bits per heavy atom. The zero-order chi connectivity index (χ0) is 27.3. The maximum atomic E-state index is 13.3. The highest BCUT2D eigenvalue weighted by atomic mass is 32.1. The molecule has 10 heteroatoms. The molecule has 1 N–H and O–H groups in total. The van der Waals surface area contributed by atoms with Crippen molar-refractivity contribution in [3.8, 4) is 5.75 Å². The highest BCUT2D eigenvalue weighted by molar-refractivity contribution is 7.14. The number of nitrogens with one attached hydrogen (secondary N) is 1. The molecule has 1 aliphatic rings. The molecule has 1 atom stereocenters. The van der Waals surface area contributed by atoms with Crippen LogP contribution in [0.25, 0.3) is 10.8 Å². The average Bonchev–Trinajstić information content (AvgIpc) is 3.34. The number of hydrogen-bond donors (Lipinski definition) is 1. The van der Waals surface area contributed by atoms with E-state index in [-0.39, 0.29) is 10.3 Å². The van der Waals surface area contributed by atoms with Crippen molar-refractivity contribution < 1.29 is 23.8 Å². The summed E-state index contributed by atoms with van der Waals surface area (Å²) in [6, 6.07) is 11.3. The molecule has 0 radical (unpaired) electrons. The van der Waals surface area contributed by atoms with Gasteiger partial charge in [-0.3, -0.25) is 9.69 Å². The number of benzene rings is 2. The van der Waals surface area contributed by atoms with Crippen LogP contribution >= 0.6 is 11.3 Å². The lowest BCUT2D eigenvalue weighted by atomic mass is 9.94. The normalized spacial score (nSPS) is 15.2. The first kappa shape index (κ1) is 27.7. The fraction of sp³-hybridized carbons (Fsp3) is 0.429. The number of ether oxygens (including phenoxy) is 3. The van der Waals surface area contributed by atoms with E-state index in [1.54, 1.807) is 18.2 Å². The summed E-state index contributed by atoms with van der Waals surface area (Å²) in [5, 5.41) is 7.41. The van der Waals surface area contributed by atoms with E-state index in [1.807, 2.05) is 45.0 Å². The van der Waals surface area contributed by atoms with Crippen LogP contribution < -0.4 is 10.1 Å². The molecule has 1 aliphatic heterocycles. The third-order valence-electron chi connectivity index (χ3n) is 6.43. The van der Waals surface area contributed by atoms with Crippen LogP contribution in [0.5, 0.6) is 5.75 Å². The molecule has 0 saturated carbocycles. The number of fused-ring (bicyclic) bond motifs is 1. The number of esters is 1. The van der Waals surface area contributed by atoms with E-state index in [1.165, 1.54) is 18.4 Å². The molecule has 38 heavy (non-hydrogen) atoms. The fourth-order valence-corrected chi connectivity index (χ4v) is 5.40. The number of nitrogens with zero attached hydrogens (tertiary/aromatic N) is 2. The minimum atomic E-state index is -1.33. The van der Waals surface area contributed by atoms with Gasteiger partial charge in [-0.2, -0.15) is 0 Å². The van der Waals surface area contributed by atoms with Crippen LogP contribution in [0.3, 0.4) is 0 Å². The number of carbonyl (C=O) groups excluding carboxylic acids is 2. The highest BCUT2D eigenvalue weighted by Crippen LogP contribution is 2.38. The molecule has 2 aromatic carbocycles. The van der Waals surface area contributed by atoms with Gasteiger partial charge in [0.05, 0.1) is 26.0 Å². The molecule has 4 rings (SSSR count). The Kier molecular flexibility index (Phi) is 8.76. The number of methoxy groups -OCH3 is 1. The van der Waals surface area contributed by atoms with Gasteiger partial charge in [0.15, 0.2) is 6.04 Å². The molecule has 1 saturated heterocycles. The van der Waals surface area contributed by atoms with Gasteiger partial charge in [-0.05, 0) is 28.5 Å². The number of rotatable bonds is 9. The topological polar surface area (TPSA) is 107 Å². The summed E-state index contributed by atoms with van der Waals surface area (Å²) >= 11 is 1.25. The minimum Gasteiger partial charge on any atom is -0.492 e. The Balaban J connectivity index is 1.58. The van der Waals surface area contributed by atoms with E-state index in [2.05, 4.69) is 15.4 Å². The van der Waals surface area contributed by atoms with E-state index in [4.69, 9.17) is 14.2 Å². The second-order valence-electron chi connectivity index (χ2n) is 10.1. The van der Waals surface area contributed by atoms with Crippen molar-refractivity contribution in [2.45, 2.75) is 32.2 Å². The number of hydrogen-bond acceptors (Lipinski definition) is 9. The third kappa shape index (κ3) is 6.20. The Hall–Kier alpha value is -3.34. The van der Waals surface area contributed by atoms with E-state index in [0.717, 1.165) is 43.1 Å². The van der Waals surface area contributed by atoms with Crippen molar-refractivity contribution in [2.24, 2.45) is 5.18 Å². The molecule has 1 fully saturated rings. The first-order valence-corrected chi connectivity index (χ1v) is 13.3. The van der Waals surface area contributed by atoms with Crippen LogP contribution in [-0.2, 0) is 19.7 Å². The van der Waals surface area contributed by atoms with Crippen molar-refractivity contribution in [1.82, 2.24) is 4.90 Å². The number of nitroso groups, excluding NO2 is 1. The van der Waals surface area contributed by atoms with E-state index in [9.17, 15) is 14.5 Å². The Morgan fingerprint density at radius 2 is 1.84 bits per heavy atom. The zero-order valence-corrected chi connectivity index (χ0v) is 22.9. The van der Waals surface area contributed by atoms with Crippen molar-refractivity contribution >= 4 is 39.7 Å². The van der Waals surface area contributed by atoms with Crippen LogP contribution in [0.1, 0.15) is 46.9 Å². The molecule has 0 spiro atoms. The summed E-state index contributed by atoms with van der Waals surface area (Å²) in [6.45, 7) is 10.5. The maximum Gasteiger partial charge on any atom is 0.350 e. The van der Waals surface area contributed by atoms with Gasteiger partial charge in [0.1, 0.15) is 17.2 Å². The smallest absolute Gasteiger partial charge is 0.350 e. The third-order valence-corrected chi connectivity index (χ3v) is 7.98. The maximum absolute atomic E-state index is 13.3. The Bertz CT molecular complexity index is 1310. The molecule has 202 valence electrons. The molecule has 1 unspecified atom stereocenters. The summed E-state index contributed by atoms with van der Waals surface area (Å²) in [4.78, 5) is 41.2. The molecule has 2 heterocycles. The molecule has 1 amide bonds. The molecule has 0 bridgehead atoms. The lowest BCUT2D eigenvalue weighted by Gasteiger charge is -2.26. The second-order valence-corrected chi connectivity index (χ2v) is 11.1. The second kappa shape index (κ2) is 12.0. The lowest BCUT2D eigenvalue weighted by Crippen LogP contribution is -2.38. The van der Waals surface area contributed by atoms with Crippen molar-refractivity contribution in [1.29, 1.82) is 0 Å². The predicted molar refractivity (Wildman–Crippen MR) is 148 cm³/mol. The fourth-order valence-electron chi connectivity index (χ4n) is 4.31. The van der Waals surface area contributed by atoms with Crippen LogP contribution in [-0.4, -0.2) is 63.3 Å². The highest BCUT2D eigenvalue weighted by Gasteiger charge is 2.29. The van der Waals surface area contributed by atoms with Crippen LogP contribution in [0.15, 0.2) is 47.6 Å². The summed E-state index contributed by atoms with van der Waals surface area (Å²) in [6.07, 6.45) is 0. The Labute approximate surface area is 226 Å². The zero-order valence-electron chi connectivity index (χ0n) is 22.1. The summed E-state index contributed by atoms with van der Waals surface area (Å²) in [5.41, 5.74) is 0.518. The van der Waals surface area contributed by atoms with Gasteiger partial charge in [0.2, 0.25) is 0 Å². The molecule has 3 aromatic rings. The van der Waals surface area contributed by atoms with Gasteiger partial charge in [0, 0.05) is 29.9 Å². The minimum absolute atomic E-state index is 0.244. The molecule has 0 aliphatic carbocycles. The van der Waals surface area contributed by atoms with Gasteiger partial charge in [-0.25, -0.2) is 4.79 Å². The van der Waals surface area contributed by atoms with Crippen LogP contribution in [0.4, 0.5) is 5.69 Å². The van der Waals surface area contributed by atoms with Gasteiger partial charge >= 0.3 is 5.97 Å². The van der Waals surface area contributed by atoms with Crippen LogP contribution in [0, 0.1) is 4.91 Å². The van der Waals surface area contributed by atoms with Crippen molar-refractivity contribution in [2.75, 3.05) is 51.9 Å². The standard InChI is InChI=1S/C28H33N3O6S/c1-28(2,3)23-17-21(25(38-23)27(33)35-4)29-26(32)24(30-34)20-9-10-22(19-8-6-5-7-18(19)20)37-16-13-31-11-14-36-15-12-31/h5-10,17,24H,11-16H2,1-4H3,(H,29,32). The predicted octanol–water partition coefficient (Wildman–Crippen LogP) is 5.14. The van der Waals surface area contributed by atoms with Gasteiger partial charge in [0.25, 0.3) is 5.91 Å². The molecule has 1 aromatic heterocycles. The number of carbonyl (C=O) groups is 2. The van der Waals surface area contributed by atoms with Crippen molar-refractivity contribution in [3.63, 3.8) is 0 Å². The molecular formula is C28H33N3O6S. The first-order valence-electron chi connectivity index (χ1n) is 12.5. The first-order chi connectivity index (χ1) is 18.2. The summed E-state index contributed by atoms with van der Waals surface area (Å²) in [5.74, 6) is -0.515. The Morgan fingerprint density at radius 3 is 2.50 bits per heavy atom. The molecular weight excluding hydrogens is 506 g/mol. The number of amides is 1. The quantitative estimate of drug-likeness (QED) is 0.296. The van der Waals surface area contributed by atoms with Crippen molar-refractivity contribution in [3.05, 3.63) is 62.7 Å². The lowest BCUT2D eigenvalue weighted by molar-refractivity contribution is -0.117. The van der Waals surface area contributed by atoms with Gasteiger partial charge in [-0.1, -0.05) is 56.3 Å². The number of morpholine rings is 1. The summed E-state index contributed by atoms with van der Waals surface area (Å²) < 4.78 is 16.4. The average molecular weight is 540 g/mol. The van der Waals surface area contributed by atoms with Gasteiger partial charge in [-0.15, -0.1) is 16.2 Å². The van der Waals surface area contributed by atoms with E-state index >= 15 is 0 Å². The largest absolute Gasteiger partial charge is 0.492 e. The van der Waals surface area contributed by atoms with E-state index < -0.39 is 17.9 Å². The summed E-state index contributed by atoms with van der Waals surface area (Å²) in [7, 11) is 1.29. The van der Waals surface area contributed by atoms with E-state index in [0.29, 0.717) is 29.0 Å². The monoisotopic (exact) mass is 539 g/mol. The van der Waals surface area contributed by atoms with Crippen LogP contribution in [0.2, 0.25) is 0 Å². The molecule has 9 nitrogen and oxygen atoms in total.